The van der Waals surface area contributed by atoms with Crippen LogP contribution in [0.3, 0.4) is 0 Å². The lowest BCUT2D eigenvalue weighted by molar-refractivity contribution is -0.126. The molecule has 36 heavy (non-hydrogen) atoms. The molecule has 0 saturated carbocycles. The Kier molecular flexibility index (Phi) is 6.61. The number of carbonyl (C=O) groups is 5. The van der Waals surface area contributed by atoms with E-state index < -0.39 is 40.8 Å². The fourth-order valence-electron chi connectivity index (χ4n) is 5.64. The minimum atomic E-state index is -1.10. The Morgan fingerprint density at radius 3 is 2.47 bits per heavy atom. The van der Waals surface area contributed by atoms with Gasteiger partial charge < -0.3 is 31.0 Å². The molecule has 0 fully saturated rings. The van der Waals surface area contributed by atoms with Gasteiger partial charge in [-0.3, -0.25) is 19.2 Å². The number of aromatic hydroxyl groups is 1. The van der Waals surface area contributed by atoms with Gasteiger partial charge in [0, 0.05) is 24.5 Å². The lowest BCUT2D eigenvalue weighted by Crippen LogP contribution is -2.51. The van der Waals surface area contributed by atoms with E-state index in [4.69, 9.17) is 5.73 Å². The Balaban J connectivity index is 1.73. The minimum absolute atomic E-state index is 0.0169. The monoisotopic (exact) mass is 493 g/mol. The zero-order valence-corrected chi connectivity index (χ0v) is 20.3. The second-order valence-electron chi connectivity index (χ2n) is 9.92. The molecule has 1 aromatic rings. The number of rotatable bonds is 6. The summed E-state index contributed by atoms with van der Waals surface area (Å²) in [6.45, 7) is 0. The molecule has 4 rings (SSSR count). The predicted molar refractivity (Wildman–Crippen MR) is 132 cm³/mol. The molecule has 0 aliphatic heterocycles. The van der Waals surface area contributed by atoms with E-state index in [1.807, 2.05) is 4.90 Å². The topological polar surface area (TPSA) is 167 Å². The van der Waals surface area contributed by atoms with Crippen LogP contribution >= 0.6 is 0 Å². The molecule has 1 aromatic carbocycles. The van der Waals surface area contributed by atoms with Crippen LogP contribution in [0.15, 0.2) is 35.1 Å². The third-order valence-electron chi connectivity index (χ3n) is 7.33. The third kappa shape index (κ3) is 4.23. The van der Waals surface area contributed by atoms with Crippen LogP contribution in [0.5, 0.6) is 5.75 Å². The van der Waals surface area contributed by atoms with E-state index >= 15 is 0 Å². The van der Waals surface area contributed by atoms with Crippen molar-refractivity contribution in [2.75, 3.05) is 19.4 Å². The summed E-state index contributed by atoms with van der Waals surface area (Å²) in [4.78, 5) is 63.8. The fourth-order valence-corrected chi connectivity index (χ4v) is 5.64. The van der Waals surface area contributed by atoms with E-state index in [1.54, 1.807) is 20.2 Å². The molecular weight excluding hydrogens is 465 g/mol. The van der Waals surface area contributed by atoms with Crippen molar-refractivity contribution in [2.24, 2.45) is 23.5 Å². The maximum absolute atomic E-state index is 13.6. The van der Waals surface area contributed by atoms with Crippen LogP contribution < -0.4 is 11.1 Å². The van der Waals surface area contributed by atoms with E-state index in [0.29, 0.717) is 18.4 Å². The van der Waals surface area contributed by atoms with Gasteiger partial charge in [-0.05, 0) is 50.4 Å². The molecule has 3 aliphatic carbocycles. The second-order valence-corrected chi connectivity index (χ2v) is 9.92. The number of Topliss-reactive ketones (excluding diaryl/α,β-unsaturated/α-hetero) is 2. The summed E-state index contributed by atoms with van der Waals surface area (Å²) >= 11 is 0. The van der Waals surface area contributed by atoms with Gasteiger partial charge in [-0.15, -0.1) is 0 Å². The molecule has 10 nitrogen and oxygen atoms in total. The van der Waals surface area contributed by atoms with Gasteiger partial charge in [0.25, 0.3) is 5.91 Å². The standard InChI is InChI=1S/C25H28BN3O7/c1-29(2)15-9-13(25(27)36)21(32)20-12(15)8-11-7-10-3-4-14(28-17(31)6-5-16(26)30)22(33)18(10)23(34)19(11)24(20)35/h3-4,9,11-12,15,20,33,35H,5-8,26H2,1-2H3,(H2,27,36)(H,28,31)/t11-,12-,15+,20?/m0/s1. The number of aliphatic hydroxyl groups excluding tert-OH is 1. The number of nitrogens with zero attached hydrogens (tertiary/aromatic N) is 1. The van der Waals surface area contributed by atoms with Crippen molar-refractivity contribution in [2.45, 2.75) is 31.7 Å². The smallest absolute Gasteiger partial charge is 0.252 e. The Bertz CT molecular complexity index is 1270. The van der Waals surface area contributed by atoms with Crippen LogP contribution in [0.4, 0.5) is 5.69 Å². The number of benzene rings is 1. The Morgan fingerprint density at radius 2 is 1.86 bits per heavy atom. The maximum Gasteiger partial charge on any atom is 0.252 e. The van der Waals surface area contributed by atoms with E-state index in [-0.39, 0.29) is 58.8 Å². The van der Waals surface area contributed by atoms with Crippen molar-refractivity contribution in [3.63, 3.8) is 0 Å². The van der Waals surface area contributed by atoms with E-state index in [9.17, 15) is 34.2 Å². The Morgan fingerprint density at radius 1 is 1.17 bits per heavy atom. The number of anilines is 1. The zero-order valence-electron chi connectivity index (χ0n) is 20.3. The summed E-state index contributed by atoms with van der Waals surface area (Å²) < 4.78 is 0. The number of amides is 2. The third-order valence-corrected chi connectivity index (χ3v) is 7.33. The molecule has 188 valence electrons. The molecule has 0 heterocycles. The quantitative estimate of drug-likeness (QED) is 0.244. The Hall–Kier alpha value is -3.73. The molecule has 3 aliphatic rings. The molecule has 5 N–H and O–H groups in total. The van der Waals surface area contributed by atoms with Crippen molar-refractivity contribution in [1.29, 1.82) is 0 Å². The highest BCUT2D eigenvalue weighted by atomic mass is 16.3. The molecular formula is C25H28BN3O7. The van der Waals surface area contributed by atoms with Gasteiger partial charge in [0.05, 0.1) is 28.4 Å². The SMILES string of the molecule is BC(=O)CCC(=O)Nc1ccc2c(c1O)C(=O)C1=C(O)C3C(=O)C(C(N)=O)=C[C@@H](N(C)C)[C@@H]3C[C@@H]1C2. The van der Waals surface area contributed by atoms with Crippen molar-refractivity contribution in [3.05, 3.63) is 46.2 Å². The molecule has 0 saturated heterocycles. The average molecular weight is 493 g/mol. The van der Waals surface area contributed by atoms with Crippen molar-refractivity contribution in [3.8, 4) is 5.75 Å². The largest absolute Gasteiger partial charge is 0.511 e. The van der Waals surface area contributed by atoms with E-state index in [0.717, 1.165) is 0 Å². The number of phenolic OH excluding ortho intramolecular Hbond substituents is 1. The summed E-state index contributed by atoms with van der Waals surface area (Å²) in [6, 6.07) is 2.80. The van der Waals surface area contributed by atoms with Crippen LogP contribution in [0, 0.1) is 17.8 Å². The Labute approximate surface area is 208 Å². The number of likely N-dealkylation sites (N-methyl/N-ethyl adjacent to an activating group) is 1. The number of nitrogens with one attached hydrogen (secondary N) is 1. The highest BCUT2D eigenvalue weighted by molar-refractivity contribution is 6.57. The minimum Gasteiger partial charge on any atom is -0.511 e. The number of fused-ring (bicyclic) bond motifs is 3. The van der Waals surface area contributed by atoms with Gasteiger partial charge >= 0.3 is 0 Å². The first-order valence-corrected chi connectivity index (χ1v) is 11.8. The number of carbonyl (C=O) groups excluding carboxylic acids is 5. The van der Waals surface area contributed by atoms with E-state index in [1.165, 1.54) is 20.0 Å². The number of primary amides is 1. The zero-order chi connectivity index (χ0) is 26.5. The summed E-state index contributed by atoms with van der Waals surface area (Å²) in [5.41, 5.74) is 5.64. The number of allylic oxidation sites excluding steroid dienone is 2. The number of ketones is 2. The van der Waals surface area contributed by atoms with Gasteiger partial charge in [-0.25, -0.2) is 0 Å². The summed E-state index contributed by atoms with van der Waals surface area (Å²) in [5.74, 6) is -5.32. The van der Waals surface area contributed by atoms with Gasteiger partial charge in [0.1, 0.15) is 5.76 Å². The van der Waals surface area contributed by atoms with Gasteiger partial charge in [-0.1, -0.05) is 12.1 Å². The average Bonchev–Trinajstić information content (AvgIpc) is 2.78. The number of phenols is 1. The molecule has 4 atom stereocenters. The first kappa shape index (κ1) is 25.4. The number of hydrogen-bond donors (Lipinski definition) is 4. The number of hydrogen-bond acceptors (Lipinski definition) is 8. The highest BCUT2D eigenvalue weighted by Gasteiger charge is 2.51. The normalized spacial score (nSPS) is 25.0. The number of nitrogens with two attached hydrogens (primary N) is 1. The molecule has 0 radical (unpaired) electrons. The van der Waals surface area contributed by atoms with Crippen molar-refractivity contribution < 1.29 is 34.2 Å². The van der Waals surface area contributed by atoms with Gasteiger partial charge in [0.2, 0.25) is 5.91 Å². The van der Waals surface area contributed by atoms with Crippen LogP contribution in [0.25, 0.3) is 0 Å². The van der Waals surface area contributed by atoms with Gasteiger partial charge in [0.15, 0.2) is 25.2 Å². The van der Waals surface area contributed by atoms with Gasteiger partial charge in [-0.2, -0.15) is 0 Å². The predicted octanol–water partition coefficient (Wildman–Crippen LogP) is -0.00160. The fraction of sp³-hybridized carbons (Fsp3) is 0.400. The summed E-state index contributed by atoms with van der Waals surface area (Å²) in [7, 11) is 4.97. The molecule has 1 unspecified atom stereocenters. The lowest BCUT2D eigenvalue weighted by atomic mass is 9.61. The molecule has 0 aromatic heterocycles. The van der Waals surface area contributed by atoms with Crippen molar-refractivity contribution in [1.82, 2.24) is 4.90 Å². The van der Waals surface area contributed by atoms with Crippen molar-refractivity contribution >= 4 is 42.6 Å². The van der Waals surface area contributed by atoms with Crippen LogP contribution in [-0.2, 0) is 25.6 Å². The maximum atomic E-state index is 13.6. The first-order chi connectivity index (χ1) is 16.9. The van der Waals surface area contributed by atoms with Crippen LogP contribution in [0.2, 0.25) is 0 Å². The lowest BCUT2D eigenvalue weighted by Gasteiger charge is -2.45. The molecule has 0 bridgehead atoms. The highest BCUT2D eigenvalue weighted by Crippen LogP contribution is 2.49. The molecule has 0 spiro atoms. The number of aliphatic hydroxyl groups is 1. The summed E-state index contributed by atoms with van der Waals surface area (Å²) in [5, 5.41) is 24.6. The molecule has 11 heteroatoms. The summed E-state index contributed by atoms with van der Waals surface area (Å²) in [6.07, 6.45) is 2.27. The second kappa shape index (κ2) is 9.38. The molecule has 2 amide bonds. The first-order valence-electron chi connectivity index (χ1n) is 11.8. The van der Waals surface area contributed by atoms with E-state index in [2.05, 4.69) is 5.32 Å². The van der Waals surface area contributed by atoms with Crippen LogP contribution in [0.1, 0.15) is 35.2 Å². The van der Waals surface area contributed by atoms with Crippen LogP contribution in [-0.4, -0.2) is 72.2 Å².